The number of amides is 4. The Morgan fingerprint density at radius 2 is 1.37 bits per heavy atom. The Kier molecular flexibility index (Phi) is 11.4. The zero-order chi connectivity index (χ0) is 42.2. The van der Waals surface area contributed by atoms with Crippen LogP contribution in [0.2, 0.25) is 0 Å². The molecule has 3 fully saturated rings. The first-order valence-corrected chi connectivity index (χ1v) is 20.7. The molecule has 5 aromatic rings. The lowest BCUT2D eigenvalue weighted by Crippen LogP contribution is -2.54. The third-order valence-corrected chi connectivity index (χ3v) is 12.1. The Morgan fingerprint density at radius 1 is 0.767 bits per heavy atom. The molecule has 5 heterocycles. The summed E-state index contributed by atoms with van der Waals surface area (Å²) in [4.78, 5) is 69.8. The molecule has 314 valence electrons. The average molecular weight is 817 g/mol. The topological polar surface area (TPSA) is 184 Å². The van der Waals surface area contributed by atoms with Gasteiger partial charge in [0.1, 0.15) is 17.7 Å². The number of aromatic nitrogens is 4. The second-order valence-electron chi connectivity index (χ2n) is 16.5. The molecule has 8 rings (SSSR count). The van der Waals surface area contributed by atoms with E-state index in [9.17, 15) is 19.2 Å². The lowest BCUT2D eigenvalue weighted by molar-refractivity contribution is -0.142. The van der Waals surface area contributed by atoms with Crippen LogP contribution in [0.1, 0.15) is 77.0 Å². The Hall–Kier alpha value is -6.22. The molecule has 0 saturated carbocycles. The number of rotatable bonds is 10. The van der Waals surface area contributed by atoms with Crippen LogP contribution in [0.25, 0.3) is 44.4 Å². The number of alkyl carbamates (subject to hydrolysis) is 1. The number of carbonyl (C=O) groups excluding carboxylic acids is 4. The predicted octanol–water partition coefficient (Wildman–Crippen LogP) is 7.10. The predicted molar refractivity (Wildman–Crippen MR) is 224 cm³/mol. The summed E-state index contributed by atoms with van der Waals surface area (Å²) in [5.74, 6) is 0.193. The molecule has 0 aliphatic carbocycles. The van der Waals surface area contributed by atoms with Gasteiger partial charge in [-0.05, 0) is 85.0 Å². The van der Waals surface area contributed by atoms with Gasteiger partial charge in [-0.15, -0.1) is 0 Å². The number of nitrogens with zero attached hydrogens (tertiary/aromatic N) is 4. The van der Waals surface area contributed by atoms with Crippen LogP contribution in [-0.4, -0.2) is 98.9 Å². The molecular weight excluding hydrogens is 765 g/mol. The van der Waals surface area contributed by atoms with Crippen molar-refractivity contribution in [2.45, 2.75) is 89.6 Å². The second kappa shape index (κ2) is 16.8. The SMILES string of the molecule is COC(=O)N[C@H](C(=O)N1CCC[C@H]1c1ncc(-c2ccc3cc(-c4ccc(-c5cnc([C@@H]6C7CCC(O7)[C@@H]6C(=O)N(NC(=O)OC)C(C)C)[nH]5)cc4)ccc3c2)[nH]1)C(C)C. The highest BCUT2D eigenvalue weighted by Gasteiger charge is 2.55. The van der Waals surface area contributed by atoms with Gasteiger partial charge in [-0.1, -0.05) is 62.4 Å². The van der Waals surface area contributed by atoms with E-state index in [4.69, 9.17) is 24.2 Å². The van der Waals surface area contributed by atoms with Gasteiger partial charge in [-0.3, -0.25) is 9.59 Å². The Bertz CT molecular complexity index is 2390. The Morgan fingerprint density at radius 3 is 2.05 bits per heavy atom. The Labute approximate surface area is 348 Å². The van der Waals surface area contributed by atoms with E-state index in [0.717, 1.165) is 75.9 Å². The van der Waals surface area contributed by atoms with E-state index in [2.05, 4.69) is 81.4 Å². The number of methoxy groups -OCH3 is 2. The second-order valence-corrected chi connectivity index (χ2v) is 16.5. The van der Waals surface area contributed by atoms with Crippen LogP contribution in [0, 0.1) is 11.8 Å². The summed E-state index contributed by atoms with van der Waals surface area (Å²) in [6, 6.07) is 19.9. The van der Waals surface area contributed by atoms with Gasteiger partial charge in [0.25, 0.3) is 0 Å². The molecule has 6 atom stereocenters. The summed E-state index contributed by atoms with van der Waals surface area (Å²) >= 11 is 0. The van der Waals surface area contributed by atoms with Gasteiger partial charge in [0.15, 0.2) is 0 Å². The van der Waals surface area contributed by atoms with Gasteiger partial charge in [-0.25, -0.2) is 30.0 Å². The summed E-state index contributed by atoms with van der Waals surface area (Å²) in [6.45, 7) is 8.08. The quantitative estimate of drug-likeness (QED) is 0.107. The van der Waals surface area contributed by atoms with Gasteiger partial charge in [0, 0.05) is 18.2 Å². The first kappa shape index (κ1) is 40.6. The number of H-pyrrole nitrogens is 2. The fourth-order valence-electron chi connectivity index (χ4n) is 9.02. The smallest absolute Gasteiger partial charge is 0.425 e. The molecule has 3 aliphatic heterocycles. The van der Waals surface area contributed by atoms with Crippen molar-refractivity contribution in [1.82, 2.24) is 40.6 Å². The minimum Gasteiger partial charge on any atom is -0.453 e. The summed E-state index contributed by atoms with van der Waals surface area (Å²) < 4.78 is 15.8. The van der Waals surface area contributed by atoms with Crippen molar-refractivity contribution in [3.63, 3.8) is 0 Å². The molecule has 3 aliphatic rings. The summed E-state index contributed by atoms with van der Waals surface area (Å²) in [5, 5.41) is 6.22. The summed E-state index contributed by atoms with van der Waals surface area (Å²) in [6.07, 6.45) is 5.16. The first-order chi connectivity index (χ1) is 28.9. The van der Waals surface area contributed by atoms with Crippen molar-refractivity contribution in [2.24, 2.45) is 11.8 Å². The number of hydrogen-bond acceptors (Lipinski definition) is 9. The van der Waals surface area contributed by atoms with Gasteiger partial charge >= 0.3 is 12.2 Å². The van der Waals surface area contributed by atoms with Crippen molar-refractivity contribution in [1.29, 1.82) is 0 Å². The molecule has 0 spiro atoms. The summed E-state index contributed by atoms with van der Waals surface area (Å²) in [7, 11) is 2.56. The number of hydrogen-bond donors (Lipinski definition) is 4. The standard InChI is InChI=1S/C45H52N8O7/c1-24(2)39(50-44(56)58-5)43(55)52-19-7-8-34(52)40-46-23-33(48-40)31-16-15-29-20-28(13-14-30(29)21-31)26-9-11-27(12-10-26)32-22-47-41(49-32)37-35-17-18-36(60-35)38(37)42(54)53(25(3)4)51-45(57)59-6/h9-16,20-25,34-39H,7-8,17-19H2,1-6H3,(H,46,48)(H,47,49)(H,50,56)(H,51,57)/t34-,35?,36?,37+,38-,39-/m0/s1. The largest absolute Gasteiger partial charge is 0.453 e. The third kappa shape index (κ3) is 7.81. The van der Waals surface area contributed by atoms with Gasteiger partial charge in [0.2, 0.25) is 11.8 Å². The van der Waals surface area contributed by atoms with Crippen molar-refractivity contribution in [2.75, 3.05) is 20.8 Å². The molecule has 2 unspecified atom stereocenters. The van der Waals surface area contributed by atoms with Gasteiger partial charge in [0.05, 0.1) is 68.1 Å². The highest BCUT2D eigenvalue weighted by Crippen LogP contribution is 2.49. The number of hydrazine groups is 1. The molecule has 3 aromatic carbocycles. The number of likely N-dealkylation sites (tertiary alicyclic amines) is 1. The van der Waals surface area contributed by atoms with Crippen LogP contribution >= 0.6 is 0 Å². The first-order valence-electron chi connectivity index (χ1n) is 20.7. The lowest BCUT2D eigenvalue weighted by Gasteiger charge is -2.33. The van der Waals surface area contributed by atoms with Crippen LogP contribution in [0.3, 0.4) is 0 Å². The number of nitrogens with one attached hydrogen (secondary N) is 4. The number of carbonyl (C=O) groups is 4. The fraction of sp³-hybridized carbons (Fsp3) is 0.422. The lowest BCUT2D eigenvalue weighted by atomic mass is 9.78. The monoisotopic (exact) mass is 816 g/mol. The van der Waals surface area contributed by atoms with E-state index in [-0.39, 0.29) is 47.9 Å². The normalized spacial score (nSPS) is 21.4. The highest BCUT2D eigenvalue weighted by molar-refractivity contribution is 5.91. The fourth-order valence-corrected chi connectivity index (χ4v) is 9.02. The maximum atomic E-state index is 13.9. The number of ether oxygens (including phenoxy) is 3. The van der Waals surface area contributed by atoms with E-state index in [1.807, 2.05) is 38.8 Å². The molecule has 2 bridgehead atoms. The van der Waals surface area contributed by atoms with Crippen LogP contribution in [0.4, 0.5) is 9.59 Å². The van der Waals surface area contributed by atoms with Crippen LogP contribution in [0.5, 0.6) is 0 Å². The average Bonchev–Trinajstić information content (AvgIpc) is 4.12. The molecule has 4 N–H and O–H groups in total. The van der Waals surface area contributed by atoms with E-state index in [1.54, 1.807) is 6.20 Å². The zero-order valence-corrected chi connectivity index (χ0v) is 34.7. The van der Waals surface area contributed by atoms with E-state index >= 15 is 0 Å². The molecule has 0 radical (unpaired) electrons. The van der Waals surface area contributed by atoms with Crippen LogP contribution in [-0.2, 0) is 23.8 Å². The molecule has 15 nitrogen and oxygen atoms in total. The van der Waals surface area contributed by atoms with Crippen LogP contribution < -0.4 is 10.7 Å². The number of imidazole rings is 2. The van der Waals surface area contributed by atoms with Crippen molar-refractivity contribution >= 4 is 34.8 Å². The van der Waals surface area contributed by atoms with E-state index < -0.39 is 24.1 Å². The molecule has 60 heavy (non-hydrogen) atoms. The third-order valence-electron chi connectivity index (χ3n) is 12.1. The van der Waals surface area contributed by atoms with Crippen molar-refractivity contribution < 1.29 is 33.4 Å². The van der Waals surface area contributed by atoms with Gasteiger partial charge in [-0.2, -0.15) is 0 Å². The van der Waals surface area contributed by atoms with E-state index in [1.165, 1.54) is 19.2 Å². The molecular formula is C45H52N8O7. The molecule has 15 heteroatoms. The van der Waals surface area contributed by atoms with E-state index in [0.29, 0.717) is 12.4 Å². The minimum absolute atomic E-state index is 0.108. The minimum atomic E-state index is -0.697. The number of benzene rings is 3. The van der Waals surface area contributed by atoms with Crippen molar-refractivity contribution in [3.8, 4) is 33.6 Å². The Balaban J connectivity index is 0.954. The number of aromatic amines is 2. The summed E-state index contributed by atoms with van der Waals surface area (Å²) in [5.41, 5.74) is 8.39. The maximum Gasteiger partial charge on any atom is 0.425 e. The number of fused-ring (bicyclic) bond motifs is 3. The maximum absolute atomic E-state index is 13.9. The van der Waals surface area contributed by atoms with Crippen LogP contribution in [0.15, 0.2) is 73.1 Å². The van der Waals surface area contributed by atoms with Gasteiger partial charge < -0.3 is 34.4 Å². The molecule has 2 aromatic heterocycles. The molecule has 3 saturated heterocycles. The zero-order valence-electron chi connectivity index (χ0n) is 34.7. The van der Waals surface area contributed by atoms with Crippen molar-refractivity contribution in [3.05, 3.63) is 84.7 Å². The molecule has 4 amide bonds. The highest BCUT2D eigenvalue weighted by atomic mass is 16.5.